The standard InChI is InChI=1S/C22H21N5O3/c1-29-17-7-3-5-15(11-17)26-19-13-23-21(24-14-9-10-14)25-20(19)27(22(26)28)16-6-4-8-18(12-16)30-2/h3-8,11-14H,9-10H2,1-2H3,(H,23,24,25). The highest BCUT2D eigenvalue weighted by Crippen LogP contribution is 2.26. The first kappa shape index (κ1) is 18.2. The monoisotopic (exact) mass is 403 g/mol. The quantitative estimate of drug-likeness (QED) is 0.532. The molecular formula is C22H21N5O3. The van der Waals surface area contributed by atoms with Gasteiger partial charge in [-0.2, -0.15) is 4.98 Å². The van der Waals surface area contributed by atoms with E-state index in [2.05, 4.69) is 15.3 Å². The van der Waals surface area contributed by atoms with E-state index in [-0.39, 0.29) is 5.69 Å². The van der Waals surface area contributed by atoms with Crippen LogP contribution in [0.4, 0.5) is 5.95 Å². The topological polar surface area (TPSA) is 83.2 Å². The number of imidazole rings is 1. The van der Waals surface area contributed by atoms with Crippen molar-refractivity contribution in [1.29, 1.82) is 0 Å². The van der Waals surface area contributed by atoms with Gasteiger partial charge in [0.15, 0.2) is 5.65 Å². The Labute approximate surface area is 172 Å². The van der Waals surface area contributed by atoms with Gasteiger partial charge >= 0.3 is 5.69 Å². The maximum absolute atomic E-state index is 13.6. The molecule has 1 aliphatic rings. The first-order valence-electron chi connectivity index (χ1n) is 9.74. The van der Waals surface area contributed by atoms with Gasteiger partial charge in [-0.1, -0.05) is 12.1 Å². The molecule has 0 amide bonds. The third kappa shape index (κ3) is 3.16. The number of ether oxygens (including phenoxy) is 2. The average molecular weight is 403 g/mol. The second-order valence-corrected chi connectivity index (χ2v) is 7.18. The van der Waals surface area contributed by atoms with Gasteiger partial charge in [-0.15, -0.1) is 0 Å². The Morgan fingerprint density at radius 3 is 2.20 bits per heavy atom. The molecule has 0 radical (unpaired) electrons. The maximum atomic E-state index is 13.6. The van der Waals surface area contributed by atoms with Crippen LogP contribution in [0.1, 0.15) is 12.8 Å². The molecule has 0 aliphatic heterocycles. The van der Waals surface area contributed by atoms with Crippen molar-refractivity contribution in [2.24, 2.45) is 0 Å². The highest BCUT2D eigenvalue weighted by Gasteiger charge is 2.24. The minimum absolute atomic E-state index is 0.246. The minimum atomic E-state index is -0.246. The number of methoxy groups -OCH3 is 2. The van der Waals surface area contributed by atoms with E-state index in [4.69, 9.17) is 9.47 Å². The van der Waals surface area contributed by atoms with Crippen LogP contribution in [0.2, 0.25) is 0 Å². The fourth-order valence-corrected chi connectivity index (χ4v) is 3.44. The summed E-state index contributed by atoms with van der Waals surface area (Å²) >= 11 is 0. The maximum Gasteiger partial charge on any atom is 0.339 e. The molecule has 0 bridgehead atoms. The zero-order chi connectivity index (χ0) is 20.7. The van der Waals surface area contributed by atoms with Crippen molar-refractivity contribution in [2.45, 2.75) is 18.9 Å². The van der Waals surface area contributed by atoms with E-state index in [1.807, 2.05) is 48.5 Å². The lowest BCUT2D eigenvalue weighted by molar-refractivity contribution is 0.414. The van der Waals surface area contributed by atoms with E-state index in [1.54, 1.807) is 29.6 Å². The Bertz CT molecular complexity index is 1290. The lowest BCUT2D eigenvalue weighted by Gasteiger charge is -2.06. The molecule has 0 atom stereocenters. The van der Waals surface area contributed by atoms with Crippen molar-refractivity contribution in [1.82, 2.24) is 19.1 Å². The molecule has 0 spiro atoms. The summed E-state index contributed by atoms with van der Waals surface area (Å²) in [6.45, 7) is 0. The normalized spacial score (nSPS) is 13.4. The summed E-state index contributed by atoms with van der Waals surface area (Å²) in [7, 11) is 3.20. The summed E-state index contributed by atoms with van der Waals surface area (Å²) in [5, 5.41) is 3.30. The Balaban J connectivity index is 1.77. The number of hydrogen-bond acceptors (Lipinski definition) is 6. The van der Waals surface area contributed by atoms with Gasteiger partial charge in [-0.25, -0.2) is 14.3 Å². The Hall–Kier alpha value is -3.81. The number of hydrogen-bond donors (Lipinski definition) is 1. The summed E-state index contributed by atoms with van der Waals surface area (Å²) in [5.41, 5.74) is 2.23. The smallest absolute Gasteiger partial charge is 0.339 e. The van der Waals surface area contributed by atoms with Crippen LogP contribution in [0.5, 0.6) is 11.5 Å². The molecule has 8 nitrogen and oxygen atoms in total. The van der Waals surface area contributed by atoms with Gasteiger partial charge < -0.3 is 14.8 Å². The summed E-state index contributed by atoms with van der Waals surface area (Å²) in [6, 6.07) is 15.1. The second-order valence-electron chi connectivity index (χ2n) is 7.18. The van der Waals surface area contributed by atoms with E-state index in [0.29, 0.717) is 46.0 Å². The van der Waals surface area contributed by atoms with Crippen LogP contribution in [0.3, 0.4) is 0 Å². The number of fused-ring (bicyclic) bond motifs is 1. The molecule has 5 rings (SSSR count). The molecule has 1 aliphatic carbocycles. The van der Waals surface area contributed by atoms with Crippen LogP contribution in [-0.4, -0.2) is 39.4 Å². The van der Waals surface area contributed by atoms with Crippen LogP contribution in [0.15, 0.2) is 59.5 Å². The molecule has 2 aromatic carbocycles. The lowest BCUT2D eigenvalue weighted by atomic mass is 10.3. The highest BCUT2D eigenvalue weighted by molar-refractivity contribution is 5.77. The van der Waals surface area contributed by atoms with E-state index in [9.17, 15) is 4.79 Å². The van der Waals surface area contributed by atoms with Crippen LogP contribution in [0.25, 0.3) is 22.5 Å². The molecule has 1 N–H and O–H groups in total. The summed E-state index contributed by atoms with van der Waals surface area (Å²) in [6.07, 6.45) is 3.90. The fraction of sp³-hybridized carbons (Fsp3) is 0.227. The molecule has 1 saturated carbocycles. The van der Waals surface area contributed by atoms with Crippen molar-refractivity contribution in [3.63, 3.8) is 0 Å². The molecule has 8 heteroatoms. The minimum Gasteiger partial charge on any atom is -0.497 e. The Kier molecular flexibility index (Phi) is 4.39. The fourth-order valence-electron chi connectivity index (χ4n) is 3.44. The predicted octanol–water partition coefficient (Wildman–Crippen LogP) is 3.16. The Morgan fingerprint density at radius 2 is 1.60 bits per heavy atom. The van der Waals surface area contributed by atoms with Gasteiger partial charge in [0.25, 0.3) is 0 Å². The van der Waals surface area contributed by atoms with Crippen molar-refractivity contribution < 1.29 is 9.47 Å². The number of nitrogens with one attached hydrogen (secondary N) is 1. The SMILES string of the molecule is COc1cccc(-n2c(=O)n(-c3cccc(OC)c3)c3nc(NC4CC4)ncc32)c1. The third-order valence-electron chi connectivity index (χ3n) is 5.12. The zero-order valence-electron chi connectivity index (χ0n) is 16.7. The number of nitrogens with zero attached hydrogens (tertiary/aromatic N) is 4. The summed E-state index contributed by atoms with van der Waals surface area (Å²) in [5.74, 6) is 1.84. The van der Waals surface area contributed by atoms with Crippen LogP contribution < -0.4 is 20.5 Å². The molecule has 0 unspecified atom stereocenters. The van der Waals surface area contributed by atoms with Crippen molar-refractivity contribution in [3.05, 3.63) is 65.2 Å². The number of anilines is 1. The molecule has 2 aromatic heterocycles. The van der Waals surface area contributed by atoms with Crippen molar-refractivity contribution in [3.8, 4) is 22.9 Å². The van der Waals surface area contributed by atoms with Gasteiger partial charge in [0.2, 0.25) is 5.95 Å². The third-order valence-corrected chi connectivity index (χ3v) is 5.12. The van der Waals surface area contributed by atoms with Crippen LogP contribution in [0, 0.1) is 0 Å². The van der Waals surface area contributed by atoms with Crippen molar-refractivity contribution in [2.75, 3.05) is 19.5 Å². The van der Waals surface area contributed by atoms with Gasteiger partial charge in [-0.3, -0.25) is 4.57 Å². The number of aromatic nitrogens is 4. The van der Waals surface area contributed by atoms with E-state index in [1.165, 1.54) is 0 Å². The molecular weight excluding hydrogens is 382 g/mol. The molecule has 30 heavy (non-hydrogen) atoms. The molecule has 4 aromatic rings. The van der Waals surface area contributed by atoms with Gasteiger partial charge in [-0.05, 0) is 37.1 Å². The van der Waals surface area contributed by atoms with Gasteiger partial charge in [0.05, 0.1) is 31.8 Å². The Morgan fingerprint density at radius 1 is 0.967 bits per heavy atom. The van der Waals surface area contributed by atoms with Crippen molar-refractivity contribution >= 4 is 17.1 Å². The number of rotatable bonds is 6. The molecule has 152 valence electrons. The summed E-state index contributed by atoms with van der Waals surface area (Å²) in [4.78, 5) is 22.7. The van der Waals surface area contributed by atoms with Crippen LogP contribution >= 0.6 is 0 Å². The zero-order valence-corrected chi connectivity index (χ0v) is 16.7. The predicted molar refractivity (Wildman–Crippen MR) is 114 cm³/mol. The number of benzene rings is 2. The van der Waals surface area contributed by atoms with E-state index < -0.39 is 0 Å². The molecule has 0 saturated heterocycles. The van der Waals surface area contributed by atoms with Crippen LogP contribution in [-0.2, 0) is 0 Å². The van der Waals surface area contributed by atoms with E-state index in [0.717, 1.165) is 12.8 Å². The first-order valence-corrected chi connectivity index (χ1v) is 9.74. The van der Waals surface area contributed by atoms with Gasteiger partial charge in [0, 0.05) is 18.2 Å². The molecule has 1 fully saturated rings. The largest absolute Gasteiger partial charge is 0.497 e. The molecule has 2 heterocycles. The highest BCUT2D eigenvalue weighted by atomic mass is 16.5. The van der Waals surface area contributed by atoms with E-state index >= 15 is 0 Å². The average Bonchev–Trinajstić information content (AvgIpc) is 3.54. The van der Waals surface area contributed by atoms with Gasteiger partial charge in [0.1, 0.15) is 17.0 Å². The lowest BCUT2D eigenvalue weighted by Crippen LogP contribution is -2.22. The second kappa shape index (κ2) is 7.22. The first-order chi connectivity index (χ1) is 14.7. The summed E-state index contributed by atoms with van der Waals surface area (Å²) < 4.78 is 13.9.